The first kappa shape index (κ1) is 9.28. The van der Waals surface area contributed by atoms with E-state index in [9.17, 15) is 4.79 Å². The molecule has 2 aliphatic carbocycles. The van der Waals surface area contributed by atoms with E-state index in [0.717, 1.165) is 32.1 Å². The summed E-state index contributed by atoms with van der Waals surface area (Å²) in [6, 6.07) is 0. The van der Waals surface area contributed by atoms with Gasteiger partial charge in [0, 0.05) is 5.54 Å². The van der Waals surface area contributed by atoms with E-state index in [1.807, 2.05) is 0 Å². The minimum Gasteiger partial charge on any atom is -0.469 e. The molecule has 2 fully saturated rings. The maximum absolute atomic E-state index is 11.6. The Morgan fingerprint density at radius 2 is 2.00 bits per heavy atom. The Labute approximate surface area is 82.9 Å². The number of methoxy groups -OCH3 is 1. The standard InChI is InChI=1S/C9H14ClNO2/c1-13-7(12)8-2-4-9(6-8,11-10)5-3-8/h11H,2-6H2,1H3. The summed E-state index contributed by atoms with van der Waals surface area (Å²) in [6.45, 7) is 0. The molecule has 74 valence electrons. The average Bonchev–Trinajstić information content (AvgIpc) is 2.74. The molecular weight excluding hydrogens is 190 g/mol. The molecule has 2 rings (SSSR count). The molecule has 13 heavy (non-hydrogen) atoms. The van der Waals surface area contributed by atoms with Gasteiger partial charge in [-0.1, -0.05) is 0 Å². The number of hydrogen-bond acceptors (Lipinski definition) is 3. The second-order valence-electron chi connectivity index (χ2n) is 4.32. The Bertz CT molecular complexity index is 234. The highest BCUT2D eigenvalue weighted by molar-refractivity contribution is 6.14. The van der Waals surface area contributed by atoms with Crippen LogP contribution in [0.15, 0.2) is 0 Å². The van der Waals surface area contributed by atoms with Crippen LogP contribution in [-0.4, -0.2) is 18.6 Å². The highest BCUT2D eigenvalue weighted by Crippen LogP contribution is 2.57. The lowest BCUT2D eigenvalue weighted by Gasteiger charge is -2.24. The molecule has 2 bridgehead atoms. The summed E-state index contributed by atoms with van der Waals surface area (Å²) in [6.07, 6.45) is 4.66. The SMILES string of the molecule is COC(=O)C12CCC(NCl)(CC1)C2. The molecule has 3 nitrogen and oxygen atoms in total. The van der Waals surface area contributed by atoms with E-state index >= 15 is 0 Å². The topological polar surface area (TPSA) is 38.3 Å². The summed E-state index contributed by atoms with van der Waals surface area (Å²) in [5.74, 6) is -0.0567. The molecule has 0 heterocycles. The molecule has 0 unspecified atom stereocenters. The third-order valence-electron chi connectivity index (χ3n) is 3.66. The fraction of sp³-hybridized carbons (Fsp3) is 0.889. The molecule has 0 spiro atoms. The smallest absolute Gasteiger partial charge is 0.311 e. The number of ether oxygens (including phenoxy) is 1. The van der Waals surface area contributed by atoms with Gasteiger partial charge in [-0.05, 0) is 43.9 Å². The van der Waals surface area contributed by atoms with Gasteiger partial charge < -0.3 is 4.74 Å². The summed E-state index contributed by atoms with van der Waals surface area (Å²) in [5.41, 5.74) is -0.216. The highest BCUT2D eigenvalue weighted by Gasteiger charge is 2.58. The first-order chi connectivity index (χ1) is 6.16. The van der Waals surface area contributed by atoms with Crippen LogP contribution in [0.3, 0.4) is 0 Å². The first-order valence-corrected chi connectivity index (χ1v) is 5.00. The van der Waals surface area contributed by atoms with Gasteiger partial charge in [0.15, 0.2) is 0 Å². The van der Waals surface area contributed by atoms with Crippen LogP contribution in [0, 0.1) is 5.41 Å². The molecule has 0 atom stereocenters. The van der Waals surface area contributed by atoms with Crippen molar-refractivity contribution in [3.63, 3.8) is 0 Å². The van der Waals surface area contributed by atoms with Crippen molar-refractivity contribution in [2.24, 2.45) is 5.41 Å². The first-order valence-electron chi connectivity index (χ1n) is 4.63. The zero-order valence-corrected chi connectivity index (χ0v) is 8.49. The van der Waals surface area contributed by atoms with E-state index in [0.29, 0.717) is 0 Å². The number of carbonyl (C=O) groups excluding carboxylic acids is 1. The molecule has 0 aromatic carbocycles. The van der Waals surface area contributed by atoms with Gasteiger partial charge in [0.2, 0.25) is 0 Å². The van der Waals surface area contributed by atoms with Crippen LogP contribution >= 0.6 is 11.8 Å². The number of esters is 1. The number of halogens is 1. The Kier molecular flexibility index (Phi) is 2.04. The number of hydrogen-bond donors (Lipinski definition) is 1. The molecule has 2 saturated carbocycles. The van der Waals surface area contributed by atoms with E-state index in [1.54, 1.807) is 0 Å². The van der Waals surface area contributed by atoms with Gasteiger partial charge in [-0.25, -0.2) is 4.84 Å². The summed E-state index contributed by atoms with van der Waals surface area (Å²) in [7, 11) is 1.46. The minimum atomic E-state index is -0.226. The third kappa shape index (κ3) is 1.17. The molecule has 0 aromatic rings. The van der Waals surface area contributed by atoms with Crippen molar-refractivity contribution in [3.8, 4) is 0 Å². The highest BCUT2D eigenvalue weighted by atomic mass is 35.5. The molecular formula is C9H14ClNO2. The average molecular weight is 204 g/mol. The van der Waals surface area contributed by atoms with Gasteiger partial charge in [0.05, 0.1) is 12.5 Å². The Morgan fingerprint density at radius 3 is 2.38 bits per heavy atom. The molecule has 0 amide bonds. The van der Waals surface area contributed by atoms with E-state index in [4.69, 9.17) is 16.5 Å². The van der Waals surface area contributed by atoms with Crippen LogP contribution in [0.1, 0.15) is 32.1 Å². The lowest BCUT2D eigenvalue weighted by molar-refractivity contribution is -0.152. The Morgan fingerprint density at radius 1 is 1.38 bits per heavy atom. The van der Waals surface area contributed by atoms with Crippen molar-refractivity contribution >= 4 is 17.7 Å². The molecule has 1 N–H and O–H groups in total. The second kappa shape index (κ2) is 2.85. The van der Waals surface area contributed by atoms with Gasteiger partial charge in [0.1, 0.15) is 0 Å². The van der Waals surface area contributed by atoms with Crippen molar-refractivity contribution in [3.05, 3.63) is 0 Å². The Hall–Kier alpha value is -0.280. The van der Waals surface area contributed by atoms with E-state index < -0.39 is 0 Å². The zero-order valence-electron chi connectivity index (χ0n) is 7.73. The van der Waals surface area contributed by atoms with Gasteiger partial charge in [-0.3, -0.25) is 4.79 Å². The Balaban J connectivity index is 2.18. The largest absolute Gasteiger partial charge is 0.469 e. The monoisotopic (exact) mass is 203 g/mol. The molecule has 2 aliphatic rings. The number of fused-ring (bicyclic) bond motifs is 2. The van der Waals surface area contributed by atoms with Crippen LogP contribution in [0.2, 0.25) is 0 Å². The summed E-state index contributed by atoms with van der Waals surface area (Å²) < 4.78 is 4.83. The quantitative estimate of drug-likeness (QED) is 0.548. The minimum absolute atomic E-state index is 0.00967. The maximum atomic E-state index is 11.6. The predicted molar refractivity (Wildman–Crippen MR) is 49.3 cm³/mol. The van der Waals surface area contributed by atoms with Crippen molar-refractivity contribution in [1.29, 1.82) is 0 Å². The molecule has 0 aliphatic heterocycles. The number of rotatable bonds is 2. The lowest BCUT2D eigenvalue weighted by Crippen LogP contribution is -2.34. The fourth-order valence-electron chi connectivity index (χ4n) is 2.83. The van der Waals surface area contributed by atoms with Crippen LogP contribution in [0.4, 0.5) is 0 Å². The van der Waals surface area contributed by atoms with Gasteiger partial charge in [-0.15, -0.1) is 0 Å². The van der Waals surface area contributed by atoms with Crippen molar-refractivity contribution in [2.45, 2.75) is 37.6 Å². The lowest BCUT2D eigenvalue weighted by atomic mass is 9.84. The summed E-state index contributed by atoms with van der Waals surface area (Å²) >= 11 is 5.70. The van der Waals surface area contributed by atoms with Crippen molar-refractivity contribution in [1.82, 2.24) is 4.84 Å². The summed E-state index contributed by atoms with van der Waals surface area (Å²) in [5, 5.41) is 0. The molecule has 4 heteroatoms. The molecule has 0 saturated heterocycles. The van der Waals surface area contributed by atoms with Crippen LogP contribution in [0.25, 0.3) is 0 Å². The van der Waals surface area contributed by atoms with E-state index in [1.165, 1.54) is 7.11 Å². The van der Waals surface area contributed by atoms with Crippen LogP contribution in [-0.2, 0) is 9.53 Å². The van der Waals surface area contributed by atoms with Crippen molar-refractivity contribution in [2.75, 3.05) is 7.11 Å². The van der Waals surface area contributed by atoms with Crippen molar-refractivity contribution < 1.29 is 9.53 Å². The normalized spacial score (nSPS) is 42.3. The van der Waals surface area contributed by atoms with Gasteiger partial charge in [0.25, 0.3) is 0 Å². The third-order valence-corrected chi connectivity index (χ3v) is 4.06. The summed E-state index contributed by atoms with van der Waals surface area (Å²) in [4.78, 5) is 14.4. The van der Waals surface area contributed by atoms with E-state index in [-0.39, 0.29) is 16.9 Å². The predicted octanol–water partition coefficient (Wildman–Crippen LogP) is 1.61. The maximum Gasteiger partial charge on any atom is 0.311 e. The number of nitrogens with one attached hydrogen (secondary N) is 1. The van der Waals surface area contributed by atoms with Crippen LogP contribution in [0.5, 0.6) is 0 Å². The zero-order chi connectivity index (χ0) is 9.53. The van der Waals surface area contributed by atoms with Crippen LogP contribution < -0.4 is 4.84 Å². The number of carbonyl (C=O) groups is 1. The molecule has 0 radical (unpaired) electrons. The van der Waals surface area contributed by atoms with Gasteiger partial charge in [-0.2, -0.15) is 0 Å². The van der Waals surface area contributed by atoms with E-state index in [2.05, 4.69) is 4.84 Å². The second-order valence-corrected chi connectivity index (χ2v) is 4.51. The fourth-order valence-corrected chi connectivity index (χ4v) is 3.08. The van der Waals surface area contributed by atoms with Gasteiger partial charge >= 0.3 is 5.97 Å². The molecule has 0 aromatic heterocycles.